The van der Waals surface area contributed by atoms with E-state index in [4.69, 9.17) is 24.1 Å². The van der Waals surface area contributed by atoms with Crippen molar-refractivity contribution >= 4 is 12.1 Å². The highest BCUT2D eigenvalue weighted by Gasteiger charge is 2.24. The Hall–Kier alpha value is -1.38. The molecule has 0 fully saturated rings. The number of rotatable bonds is 9. The van der Waals surface area contributed by atoms with E-state index in [1.807, 2.05) is 0 Å². The average Bonchev–Trinajstić information content (AvgIpc) is 2.29. The lowest BCUT2D eigenvalue weighted by atomic mass is 10.2. The second-order valence-corrected chi connectivity index (χ2v) is 4.93. The lowest BCUT2D eigenvalue weighted by molar-refractivity contribution is -0.143. The lowest BCUT2D eigenvalue weighted by Gasteiger charge is -2.21. The van der Waals surface area contributed by atoms with Crippen LogP contribution < -0.4 is 5.32 Å². The minimum Gasteiger partial charge on any atom is -0.480 e. The summed E-state index contributed by atoms with van der Waals surface area (Å²) in [7, 11) is 1.54. The SMILES string of the molecule is COCCOCOC[C@@H](NC(=O)OC(C)(C)C)C(=O)O. The first-order valence-electron chi connectivity index (χ1n) is 6.13. The third-order valence-corrected chi connectivity index (χ3v) is 1.87. The van der Waals surface area contributed by atoms with Gasteiger partial charge in [-0.3, -0.25) is 0 Å². The number of amides is 1. The van der Waals surface area contributed by atoms with Gasteiger partial charge >= 0.3 is 12.1 Å². The maximum absolute atomic E-state index is 11.4. The molecule has 0 aliphatic rings. The van der Waals surface area contributed by atoms with E-state index in [1.165, 1.54) is 7.11 Å². The van der Waals surface area contributed by atoms with E-state index in [1.54, 1.807) is 20.8 Å². The number of nitrogens with one attached hydrogen (secondary N) is 1. The van der Waals surface area contributed by atoms with Crippen LogP contribution in [0.15, 0.2) is 0 Å². The van der Waals surface area contributed by atoms with Crippen molar-refractivity contribution in [2.75, 3.05) is 33.7 Å². The first-order valence-corrected chi connectivity index (χ1v) is 6.13. The molecule has 0 aromatic rings. The molecule has 0 aromatic carbocycles. The Bertz CT molecular complexity index is 301. The van der Waals surface area contributed by atoms with E-state index in [0.717, 1.165) is 0 Å². The topological polar surface area (TPSA) is 103 Å². The number of methoxy groups -OCH3 is 1. The molecule has 0 radical (unpaired) electrons. The van der Waals surface area contributed by atoms with Crippen LogP contribution in [-0.2, 0) is 23.7 Å². The van der Waals surface area contributed by atoms with Crippen LogP contribution >= 0.6 is 0 Å². The molecule has 0 unspecified atom stereocenters. The van der Waals surface area contributed by atoms with Crippen LogP contribution in [0.5, 0.6) is 0 Å². The summed E-state index contributed by atoms with van der Waals surface area (Å²) in [5, 5.41) is 11.2. The fraction of sp³-hybridized carbons (Fsp3) is 0.833. The molecule has 0 bridgehead atoms. The van der Waals surface area contributed by atoms with Gasteiger partial charge in [0.2, 0.25) is 0 Å². The van der Waals surface area contributed by atoms with E-state index in [9.17, 15) is 9.59 Å². The highest BCUT2D eigenvalue weighted by molar-refractivity contribution is 5.80. The Kier molecular flexibility index (Phi) is 8.86. The van der Waals surface area contributed by atoms with Gasteiger partial charge in [-0.2, -0.15) is 0 Å². The van der Waals surface area contributed by atoms with Crippen molar-refractivity contribution in [3.05, 3.63) is 0 Å². The van der Waals surface area contributed by atoms with Crippen LogP contribution in [0.1, 0.15) is 20.8 Å². The van der Waals surface area contributed by atoms with Crippen molar-refractivity contribution in [1.29, 1.82) is 0 Å². The van der Waals surface area contributed by atoms with E-state index in [0.29, 0.717) is 13.2 Å². The number of hydrogen-bond acceptors (Lipinski definition) is 6. The van der Waals surface area contributed by atoms with Gasteiger partial charge in [0.05, 0.1) is 19.8 Å². The van der Waals surface area contributed by atoms with Gasteiger partial charge in [0.25, 0.3) is 0 Å². The van der Waals surface area contributed by atoms with Crippen LogP contribution in [0.3, 0.4) is 0 Å². The maximum Gasteiger partial charge on any atom is 0.408 e. The highest BCUT2D eigenvalue weighted by atomic mass is 16.7. The normalized spacial score (nSPS) is 12.8. The monoisotopic (exact) mass is 293 g/mol. The van der Waals surface area contributed by atoms with Crippen molar-refractivity contribution < 1.29 is 33.6 Å². The van der Waals surface area contributed by atoms with Crippen molar-refractivity contribution in [2.45, 2.75) is 32.4 Å². The molecule has 2 N–H and O–H groups in total. The van der Waals surface area contributed by atoms with Gasteiger partial charge in [-0.05, 0) is 20.8 Å². The Morgan fingerprint density at radius 1 is 1.20 bits per heavy atom. The number of alkyl carbamates (subject to hydrolysis) is 1. The van der Waals surface area contributed by atoms with Gasteiger partial charge in [-0.1, -0.05) is 0 Å². The zero-order chi connectivity index (χ0) is 15.6. The zero-order valence-corrected chi connectivity index (χ0v) is 12.3. The second-order valence-electron chi connectivity index (χ2n) is 4.93. The van der Waals surface area contributed by atoms with E-state index in [2.05, 4.69) is 5.32 Å². The molecular weight excluding hydrogens is 270 g/mol. The summed E-state index contributed by atoms with van der Waals surface area (Å²) >= 11 is 0. The number of carboxylic acid groups (broad SMARTS) is 1. The Morgan fingerprint density at radius 2 is 1.85 bits per heavy atom. The number of carbonyl (C=O) groups is 2. The van der Waals surface area contributed by atoms with E-state index >= 15 is 0 Å². The second kappa shape index (κ2) is 9.51. The molecule has 118 valence electrons. The first kappa shape index (κ1) is 18.6. The number of ether oxygens (including phenoxy) is 4. The largest absolute Gasteiger partial charge is 0.480 e. The van der Waals surface area contributed by atoms with Crippen molar-refractivity contribution in [2.24, 2.45) is 0 Å². The molecule has 0 aliphatic carbocycles. The Balaban J connectivity index is 3.99. The molecule has 0 aliphatic heterocycles. The van der Waals surface area contributed by atoms with Crippen LogP contribution in [0, 0.1) is 0 Å². The maximum atomic E-state index is 11.4. The van der Waals surface area contributed by atoms with Gasteiger partial charge in [0, 0.05) is 7.11 Å². The molecule has 1 amide bonds. The molecule has 0 spiro atoms. The Morgan fingerprint density at radius 3 is 2.35 bits per heavy atom. The molecule has 0 heterocycles. The number of aliphatic carboxylic acids is 1. The van der Waals surface area contributed by atoms with Crippen molar-refractivity contribution in [3.63, 3.8) is 0 Å². The van der Waals surface area contributed by atoms with Crippen molar-refractivity contribution in [1.82, 2.24) is 5.32 Å². The molecule has 8 nitrogen and oxygen atoms in total. The predicted octanol–water partition coefficient (Wildman–Crippen LogP) is 0.601. The summed E-state index contributed by atoms with van der Waals surface area (Å²) in [5.41, 5.74) is -0.697. The average molecular weight is 293 g/mol. The van der Waals surface area contributed by atoms with E-state index < -0.39 is 23.7 Å². The van der Waals surface area contributed by atoms with Crippen LogP contribution in [0.25, 0.3) is 0 Å². The van der Waals surface area contributed by atoms with Gasteiger partial charge in [-0.25, -0.2) is 9.59 Å². The fourth-order valence-electron chi connectivity index (χ4n) is 1.05. The summed E-state index contributed by atoms with van der Waals surface area (Å²) in [6, 6.07) is -1.20. The molecule has 1 atom stereocenters. The summed E-state index contributed by atoms with van der Waals surface area (Å²) < 4.78 is 19.7. The van der Waals surface area contributed by atoms with E-state index in [-0.39, 0.29) is 13.4 Å². The molecule has 0 rings (SSSR count). The summed E-state index contributed by atoms with van der Waals surface area (Å²) in [5.74, 6) is -1.22. The molecule has 0 saturated heterocycles. The quantitative estimate of drug-likeness (QED) is 0.474. The molecule has 0 saturated carbocycles. The number of carboxylic acids is 1. The molecule has 0 aromatic heterocycles. The van der Waals surface area contributed by atoms with Gasteiger partial charge in [0.1, 0.15) is 12.4 Å². The smallest absolute Gasteiger partial charge is 0.408 e. The molecule has 8 heteroatoms. The summed E-state index contributed by atoms with van der Waals surface area (Å²) in [6.45, 7) is 5.51. The third kappa shape index (κ3) is 10.5. The standard InChI is InChI=1S/C12H23NO7/c1-12(2,3)20-11(16)13-9(10(14)15)7-19-8-18-6-5-17-4/h9H,5-8H2,1-4H3,(H,13,16)(H,14,15)/t9-/m1/s1. The number of hydrogen-bond donors (Lipinski definition) is 2. The first-order chi connectivity index (χ1) is 9.26. The molecular formula is C12H23NO7. The zero-order valence-electron chi connectivity index (χ0n) is 12.3. The highest BCUT2D eigenvalue weighted by Crippen LogP contribution is 2.06. The Labute approximate surface area is 118 Å². The summed E-state index contributed by atoms with van der Waals surface area (Å²) in [6.07, 6.45) is -0.811. The minimum atomic E-state index is -1.22. The van der Waals surface area contributed by atoms with Gasteiger partial charge in [-0.15, -0.1) is 0 Å². The van der Waals surface area contributed by atoms with Crippen LogP contribution in [0.4, 0.5) is 4.79 Å². The molecule has 20 heavy (non-hydrogen) atoms. The van der Waals surface area contributed by atoms with Gasteiger partial charge in [0.15, 0.2) is 6.04 Å². The van der Waals surface area contributed by atoms with Crippen LogP contribution in [-0.4, -0.2) is 62.5 Å². The minimum absolute atomic E-state index is 0.0802. The van der Waals surface area contributed by atoms with Crippen molar-refractivity contribution in [3.8, 4) is 0 Å². The number of carbonyl (C=O) groups excluding carboxylic acids is 1. The summed E-state index contributed by atoms with van der Waals surface area (Å²) in [4.78, 5) is 22.4. The fourth-order valence-corrected chi connectivity index (χ4v) is 1.05. The van der Waals surface area contributed by atoms with Crippen LogP contribution in [0.2, 0.25) is 0 Å². The third-order valence-electron chi connectivity index (χ3n) is 1.87. The van der Waals surface area contributed by atoms with Gasteiger partial charge < -0.3 is 29.4 Å². The lowest BCUT2D eigenvalue weighted by Crippen LogP contribution is -2.46. The predicted molar refractivity (Wildman–Crippen MR) is 69.4 cm³/mol.